The van der Waals surface area contributed by atoms with Crippen molar-refractivity contribution in [2.75, 3.05) is 17.6 Å². The smallest absolute Gasteiger partial charge is 0.101 e. The van der Waals surface area contributed by atoms with Gasteiger partial charge in [-0.3, -0.25) is 0 Å². The highest BCUT2D eigenvalue weighted by atomic mass is 14.9. The maximum atomic E-state index is 8.96. The predicted molar refractivity (Wildman–Crippen MR) is 66.0 cm³/mol. The third-order valence-electron chi connectivity index (χ3n) is 3.26. The maximum Gasteiger partial charge on any atom is 0.101 e. The summed E-state index contributed by atoms with van der Waals surface area (Å²) in [6.45, 7) is 0.948. The van der Waals surface area contributed by atoms with Crippen molar-refractivity contribution in [3.63, 3.8) is 0 Å². The summed E-state index contributed by atoms with van der Waals surface area (Å²) in [5.41, 5.74) is 7.80. The lowest BCUT2D eigenvalue weighted by Crippen LogP contribution is -2.15. The number of hydrogen-bond acceptors (Lipinski definition) is 3. The molecule has 3 nitrogen and oxygen atoms in total. The van der Waals surface area contributed by atoms with Crippen LogP contribution in [0.3, 0.4) is 0 Å². The van der Waals surface area contributed by atoms with E-state index in [-0.39, 0.29) is 0 Å². The summed E-state index contributed by atoms with van der Waals surface area (Å²) in [7, 11) is 0. The lowest BCUT2D eigenvalue weighted by molar-refractivity contribution is 0.303. The van der Waals surface area contributed by atoms with Crippen molar-refractivity contribution in [2.45, 2.75) is 25.7 Å². The average molecular weight is 215 g/mol. The first-order chi connectivity index (χ1) is 7.79. The molecule has 0 bridgehead atoms. The molecule has 0 atom stereocenters. The van der Waals surface area contributed by atoms with Gasteiger partial charge >= 0.3 is 0 Å². The van der Waals surface area contributed by atoms with Gasteiger partial charge in [0, 0.05) is 12.2 Å². The van der Waals surface area contributed by atoms with Gasteiger partial charge in [-0.1, -0.05) is 19.3 Å². The number of nitrogen functional groups attached to an aromatic ring is 1. The Morgan fingerprint density at radius 1 is 1.44 bits per heavy atom. The third kappa shape index (κ3) is 2.46. The van der Waals surface area contributed by atoms with E-state index < -0.39 is 0 Å². The average Bonchev–Trinajstić information content (AvgIpc) is 2.23. The molecule has 1 saturated carbocycles. The molecular weight excluding hydrogens is 198 g/mol. The van der Waals surface area contributed by atoms with Crippen molar-refractivity contribution in [3.8, 4) is 6.07 Å². The molecule has 3 N–H and O–H groups in total. The van der Waals surface area contributed by atoms with E-state index in [9.17, 15) is 0 Å². The van der Waals surface area contributed by atoms with Crippen LogP contribution in [-0.4, -0.2) is 6.54 Å². The minimum Gasteiger partial charge on any atom is -0.399 e. The number of anilines is 2. The second-order valence-electron chi connectivity index (χ2n) is 4.43. The van der Waals surface area contributed by atoms with Gasteiger partial charge in [0.1, 0.15) is 6.07 Å². The number of hydrogen-bond donors (Lipinski definition) is 2. The molecule has 3 heteroatoms. The molecule has 1 aromatic rings. The van der Waals surface area contributed by atoms with E-state index in [0.29, 0.717) is 11.3 Å². The number of rotatable bonds is 4. The van der Waals surface area contributed by atoms with Crippen molar-refractivity contribution < 1.29 is 0 Å². The molecule has 0 radical (unpaired) electrons. The molecule has 1 aromatic carbocycles. The van der Waals surface area contributed by atoms with Crippen LogP contribution in [0.4, 0.5) is 11.4 Å². The van der Waals surface area contributed by atoms with Gasteiger partial charge in [0.2, 0.25) is 0 Å². The quantitative estimate of drug-likeness (QED) is 0.759. The SMILES string of the molecule is N#Cc1cc(N)ccc1NCCC1CCC1. The molecule has 0 amide bonds. The minimum absolute atomic E-state index is 0.633. The Labute approximate surface area is 96.3 Å². The van der Waals surface area contributed by atoms with Gasteiger partial charge in [0.25, 0.3) is 0 Å². The number of nitriles is 1. The van der Waals surface area contributed by atoms with Gasteiger partial charge in [-0.25, -0.2) is 0 Å². The fraction of sp³-hybridized carbons (Fsp3) is 0.462. The molecule has 1 fully saturated rings. The molecule has 0 spiro atoms. The molecule has 1 aliphatic carbocycles. The second kappa shape index (κ2) is 4.89. The predicted octanol–water partition coefficient (Wildman–Crippen LogP) is 2.74. The van der Waals surface area contributed by atoms with Gasteiger partial charge in [-0.2, -0.15) is 5.26 Å². The molecule has 16 heavy (non-hydrogen) atoms. The Bertz CT molecular complexity index is 402. The largest absolute Gasteiger partial charge is 0.399 e. The zero-order chi connectivity index (χ0) is 11.4. The van der Waals surface area contributed by atoms with Gasteiger partial charge < -0.3 is 11.1 Å². The number of benzene rings is 1. The number of nitrogens with one attached hydrogen (secondary N) is 1. The summed E-state index contributed by atoms with van der Waals surface area (Å²) < 4.78 is 0. The molecule has 0 aliphatic heterocycles. The van der Waals surface area contributed by atoms with Crippen LogP contribution in [0.25, 0.3) is 0 Å². The number of nitrogens with zero attached hydrogens (tertiary/aromatic N) is 1. The highest BCUT2D eigenvalue weighted by Crippen LogP contribution is 2.29. The summed E-state index contributed by atoms with van der Waals surface area (Å²) >= 11 is 0. The van der Waals surface area contributed by atoms with Crippen LogP contribution < -0.4 is 11.1 Å². The van der Waals surface area contributed by atoms with Crippen LogP contribution in [0.2, 0.25) is 0 Å². The van der Waals surface area contributed by atoms with Crippen molar-refractivity contribution in [3.05, 3.63) is 23.8 Å². The van der Waals surface area contributed by atoms with Gasteiger partial charge in [0.05, 0.1) is 11.3 Å². The Hall–Kier alpha value is -1.69. The highest BCUT2D eigenvalue weighted by molar-refractivity contribution is 5.62. The van der Waals surface area contributed by atoms with Crippen molar-refractivity contribution >= 4 is 11.4 Å². The minimum atomic E-state index is 0.633. The van der Waals surface area contributed by atoms with Crippen molar-refractivity contribution in [1.29, 1.82) is 5.26 Å². The monoisotopic (exact) mass is 215 g/mol. The zero-order valence-corrected chi connectivity index (χ0v) is 9.37. The third-order valence-corrected chi connectivity index (χ3v) is 3.26. The summed E-state index contributed by atoms with van der Waals surface area (Å²) in [5.74, 6) is 0.895. The first kappa shape index (κ1) is 10.8. The summed E-state index contributed by atoms with van der Waals surface area (Å²) in [5, 5.41) is 12.3. The summed E-state index contributed by atoms with van der Waals surface area (Å²) in [6.07, 6.45) is 5.33. The van der Waals surface area contributed by atoms with Gasteiger partial charge in [-0.05, 0) is 30.5 Å². The fourth-order valence-electron chi connectivity index (χ4n) is 2.00. The molecule has 84 valence electrons. The lowest BCUT2D eigenvalue weighted by atomic mass is 9.83. The van der Waals surface area contributed by atoms with Gasteiger partial charge in [0.15, 0.2) is 0 Å². The number of nitrogens with two attached hydrogens (primary N) is 1. The normalized spacial score (nSPS) is 15.2. The molecular formula is C13H17N3. The van der Waals surface area contributed by atoms with Crippen molar-refractivity contribution in [1.82, 2.24) is 0 Å². The topological polar surface area (TPSA) is 61.8 Å². The van der Waals surface area contributed by atoms with Crippen LogP contribution in [0.15, 0.2) is 18.2 Å². The fourth-order valence-corrected chi connectivity index (χ4v) is 2.00. The standard InChI is InChI=1S/C13H17N3/c14-9-11-8-12(15)4-5-13(11)16-7-6-10-2-1-3-10/h4-5,8,10,16H,1-3,6-7,15H2. The van der Waals surface area contributed by atoms with E-state index in [4.69, 9.17) is 11.0 Å². The van der Waals surface area contributed by atoms with E-state index in [0.717, 1.165) is 18.2 Å². The molecule has 0 saturated heterocycles. The second-order valence-corrected chi connectivity index (χ2v) is 4.43. The van der Waals surface area contributed by atoms with Crippen LogP contribution in [0.5, 0.6) is 0 Å². The van der Waals surface area contributed by atoms with E-state index in [1.54, 1.807) is 6.07 Å². The first-order valence-corrected chi connectivity index (χ1v) is 5.83. The Morgan fingerprint density at radius 2 is 2.25 bits per heavy atom. The van der Waals surface area contributed by atoms with Crippen LogP contribution in [0, 0.1) is 17.2 Å². The first-order valence-electron chi connectivity index (χ1n) is 5.83. The molecule has 2 rings (SSSR count). The van der Waals surface area contributed by atoms with Crippen LogP contribution in [0.1, 0.15) is 31.2 Å². The van der Waals surface area contributed by atoms with Gasteiger partial charge in [-0.15, -0.1) is 0 Å². The van der Waals surface area contributed by atoms with E-state index >= 15 is 0 Å². The van der Waals surface area contributed by atoms with Crippen molar-refractivity contribution in [2.24, 2.45) is 5.92 Å². The van der Waals surface area contributed by atoms with E-state index in [1.165, 1.54) is 25.7 Å². The molecule has 0 heterocycles. The maximum absolute atomic E-state index is 8.96. The summed E-state index contributed by atoms with van der Waals surface area (Å²) in [4.78, 5) is 0. The Morgan fingerprint density at radius 3 is 2.88 bits per heavy atom. The molecule has 1 aliphatic rings. The van der Waals surface area contributed by atoms with Crippen LogP contribution >= 0.6 is 0 Å². The molecule has 0 aromatic heterocycles. The summed E-state index contributed by atoms with van der Waals surface area (Å²) in [6, 6.07) is 7.58. The Kier molecular flexibility index (Phi) is 3.31. The molecule has 0 unspecified atom stereocenters. The Balaban J connectivity index is 1.90. The van der Waals surface area contributed by atoms with E-state index in [1.807, 2.05) is 12.1 Å². The van der Waals surface area contributed by atoms with Crippen LogP contribution in [-0.2, 0) is 0 Å². The van der Waals surface area contributed by atoms with E-state index in [2.05, 4.69) is 11.4 Å². The zero-order valence-electron chi connectivity index (χ0n) is 9.37. The highest BCUT2D eigenvalue weighted by Gasteiger charge is 2.16. The lowest BCUT2D eigenvalue weighted by Gasteiger charge is -2.25.